The average Bonchev–Trinajstić information content (AvgIpc) is 3.14. The molecule has 2 rings (SSSR count). The molecule has 0 aliphatic carbocycles. The van der Waals surface area contributed by atoms with Crippen molar-refractivity contribution in [3.05, 3.63) is 30.2 Å². The zero-order valence-corrected chi connectivity index (χ0v) is 17.6. The number of hydrogen-bond donors (Lipinski definition) is 2. The SMILES string of the molecule is CCNC(=NCCN(C(C)C)C(C)C)NCCc1noc(-c2ccccn2)n1. The summed E-state index contributed by atoms with van der Waals surface area (Å²) < 4.78 is 5.29. The molecular formula is C20H33N7O. The first-order valence-electron chi connectivity index (χ1n) is 10.0. The summed E-state index contributed by atoms with van der Waals surface area (Å²) in [4.78, 5) is 15.7. The summed E-state index contributed by atoms with van der Waals surface area (Å²) in [7, 11) is 0. The molecule has 2 aromatic rings. The molecule has 28 heavy (non-hydrogen) atoms. The van der Waals surface area contributed by atoms with Gasteiger partial charge in [-0.1, -0.05) is 11.2 Å². The Balaban J connectivity index is 1.83. The van der Waals surface area contributed by atoms with Gasteiger partial charge in [-0.2, -0.15) is 4.98 Å². The molecule has 0 bridgehead atoms. The van der Waals surface area contributed by atoms with E-state index < -0.39 is 0 Å². The third kappa shape index (κ3) is 6.92. The number of pyridine rings is 1. The fraction of sp³-hybridized carbons (Fsp3) is 0.600. The summed E-state index contributed by atoms with van der Waals surface area (Å²) >= 11 is 0. The molecule has 0 aliphatic rings. The minimum absolute atomic E-state index is 0.443. The van der Waals surface area contributed by atoms with Crippen molar-refractivity contribution in [2.45, 2.75) is 53.1 Å². The van der Waals surface area contributed by atoms with Crippen LogP contribution >= 0.6 is 0 Å². The smallest absolute Gasteiger partial charge is 0.276 e. The first-order valence-corrected chi connectivity index (χ1v) is 10.0. The molecule has 0 aromatic carbocycles. The van der Waals surface area contributed by atoms with Gasteiger partial charge in [0.15, 0.2) is 11.8 Å². The van der Waals surface area contributed by atoms with Gasteiger partial charge in [0.25, 0.3) is 5.89 Å². The summed E-state index contributed by atoms with van der Waals surface area (Å²) in [5, 5.41) is 10.6. The van der Waals surface area contributed by atoms with Crippen molar-refractivity contribution in [1.29, 1.82) is 0 Å². The molecule has 8 heteroatoms. The number of aliphatic imine (C=N–C) groups is 1. The third-order valence-electron chi connectivity index (χ3n) is 4.29. The van der Waals surface area contributed by atoms with Crippen molar-refractivity contribution in [2.75, 3.05) is 26.2 Å². The lowest BCUT2D eigenvalue weighted by molar-refractivity contribution is 0.181. The zero-order valence-electron chi connectivity index (χ0n) is 17.6. The second-order valence-corrected chi connectivity index (χ2v) is 7.09. The molecular weight excluding hydrogens is 354 g/mol. The molecule has 0 saturated heterocycles. The monoisotopic (exact) mass is 387 g/mol. The van der Waals surface area contributed by atoms with Gasteiger partial charge in [0.2, 0.25) is 0 Å². The van der Waals surface area contributed by atoms with E-state index in [4.69, 9.17) is 4.52 Å². The van der Waals surface area contributed by atoms with E-state index in [-0.39, 0.29) is 0 Å². The maximum Gasteiger partial charge on any atom is 0.276 e. The highest BCUT2D eigenvalue weighted by Gasteiger charge is 2.12. The lowest BCUT2D eigenvalue weighted by Gasteiger charge is -2.29. The summed E-state index contributed by atoms with van der Waals surface area (Å²) in [5.74, 6) is 1.90. The molecule has 0 amide bonds. The number of guanidine groups is 1. The average molecular weight is 388 g/mol. The molecule has 0 radical (unpaired) electrons. The Morgan fingerprint density at radius 3 is 2.61 bits per heavy atom. The molecule has 0 unspecified atom stereocenters. The van der Waals surface area contributed by atoms with Crippen molar-refractivity contribution in [2.24, 2.45) is 4.99 Å². The molecule has 2 heterocycles. The van der Waals surface area contributed by atoms with Crippen LogP contribution in [0.3, 0.4) is 0 Å². The van der Waals surface area contributed by atoms with Gasteiger partial charge in [0.1, 0.15) is 5.69 Å². The quantitative estimate of drug-likeness (QED) is 0.477. The van der Waals surface area contributed by atoms with Crippen molar-refractivity contribution in [3.8, 4) is 11.6 Å². The molecule has 0 fully saturated rings. The lowest BCUT2D eigenvalue weighted by Crippen LogP contribution is -2.41. The second-order valence-electron chi connectivity index (χ2n) is 7.09. The number of rotatable bonds is 10. The van der Waals surface area contributed by atoms with Gasteiger partial charge in [0, 0.05) is 44.3 Å². The second kappa shape index (κ2) is 11.4. The maximum absolute atomic E-state index is 5.29. The van der Waals surface area contributed by atoms with Crippen LogP contribution in [0.4, 0.5) is 0 Å². The van der Waals surface area contributed by atoms with Crippen LogP contribution in [0.2, 0.25) is 0 Å². The van der Waals surface area contributed by atoms with Crippen LogP contribution in [0.5, 0.6) is 0 Å². The van der Waals surface area contributed by atoms with Crippen LogP contribution in [-0.4, -0.2) is 64.2 Å². The van der Waals surface area contributed by atoms with E-state index in [9.17, 15) is 0 Å². The van der Waals surface area contributed by atoms with E-state index >= 15 is 0 Å². The Labute approximate surface area is 167 Å². The highest BCUT2D eigenvalue weighted by atomic mass is 16.5. The van der Waals surface area contributed by atoms with E-state index in [2.05, 4.69) is 70.3 Å². The molecule has 0 aliphatic heterocycles. The molecule has 0 spiro atoms. The summed E-state index contributed by atoms with van der Waals surface area (Å²) in [5.41, 5.74) is 0.684. The van der Waals surface area contributed by atoms with E-state index in [0.717, 1.165) is 25.6 Å². The van der Waals surface area contributed by atoms with Crippen molar-refractivity contribution < 1.29 is 4.52 Å². The predicted molar refractivity (Wildman–Crippen MR) is 112 cm³/mol. The Kier molecular flexibility index (Phi) is 8.87. The summed E-state index contributed by atoms with van der Waals surface area (Å²) in [6, 6.07) is 6.62. The van der Waals surface area contributed by atoms with Crippen LogP contribution in [-0.2, 0) is 6.42 Å². The van der Waals surface area contributed by atoms with Gasteiger partial charge in [0.05, 0.1) is 6.54 Å². The van der Waals surface area contributed by atoms with Gasteiger partial charge in [-0.25, -0.2) is 0 Å². The normalized spacial score (nSPS) is 12.2. The molecule has 0 saturated carbocycles. The van der Waals surface area contributed by atoms with Crippen LogP contribution in [0.25, 0.3) is 11.6 Å². The van der Waals surface area contributed by atoms with Crippen molar-refractivity contribution in [3.63, 3.8) is 0 Å². The van der Waals surface area contributed by atoms with Gasteiger partial charge in [-0.05, 0) is 46.8 Å². The zero-order chi connectivity index (χ0) is 20.4. The van der Waals surface area contributed by atoms with Crippen molar-refractivity contribution in [1.82, 2.24) is 30.7 Å². The number of aromatic nitrogens is 3. The third-order valence-corrected chi connectivity index (χ3v) is 4.29. The number of hydrogen-bond acceptors (Lipinski definition) is 6. The molecule has 8 nitrogen and oxygen atoms in total. The highest BCUT2D eigenvalue weighted by Crippen LogP contribution is 2.13. The first kappa shape index (κ1) is 21.8. The first-order chi connectivity index (χ1) is 13.5. The fourth-order valence-corrected chi connectivity index (χ4v) is 2.97. The Hall–Kier alpha value is -2.48. The van der Waals surface area contributed by atoms with Gasteiger partial charge in [-0.3, -0.25) is 14.9 Å². The van der Waals surface area contributed by atoms with E-state index in [1.54, 1.807) is 6.20 Å². The standard InChI is InChI=1S/C20H33N7O/c1-6-21-20(24-13-14-27(15(2)3)16(4)5)23-12-10-18-25-19(28-26-18)17-9-7-8-11-22-17/h7-9,11,15-16H,6,10,12-14H2,1-5H3,(H2,21,23,24). The van der Waals surface area contributed by atoms with E-state index in [1.807, 2.05) is 18.2 Å². The van der Waals surface area contributed by atoms with Crippen LogP contribution < -0.4 is 10.6 Å². The molecule has 0 atom stereocenters. The number of nitrogens with one attached hydrogen (secondary N) is 2. The topological polar surface area (TPSA) is 91.5 Å². The largest absolute Gasteiger partial charge is 0.357 e. The van der Waals surface area contributed by atoms with Crippen LogP contribution in [0.1, 0.15) is 40.4 Å². The minimum Gasteiger partial charge on any atom is -0.357 e. The Morgan fingerprint density at radius 2 is 1.96 bits per heavy atom. The summed E-state index contributed by atoms with van der Waals surface area (Å²) in [6.45, 7) is 14.1. The lowest BCUT2D eigenvalue weighted by atomic mass is 10.2. The predicted octanol–water partition coefficient (Wildman–Crippen LogP) is 2.35. The summed E-state index contributed by atoms with van der Waals surface area (Å²) in [6.07, 6.45) is 2.35. The van der Waals surface area contributed by atoms with Gasteiger partial charge < -0.3 is 15.2 Å². The molecule has 2 aromatic heterocycles. The van der Waals surface area contributed by atoms with Gasteiger partial charge in [-0.15, -0.1) is 0 Å². The molecule has 154 valence electrons. The minimum atomic E-state index is 0.443. The van der Waals surface area contributed by atoms with Gasteiger partial charge >= 0.3 is 0 Å². The number of nitrogens with zero attached hydrogens (tertiary/aromatic N) is 5. The Morgan fingerprint density at radius 1 is 1.18 bits per heavy atom. The van der Waals surface area contributed by atoms with E-state index in [1.165, 1.54) is 0 Å². The maximum atomic E-state index is 5.29. The Bertz CT molecular complexity index is 704. The van der Waals surface area contributed by atoms with Crippen molar-refractivity contribution >= 4 is 5.96 Å². The molecule has 2 N–H and O–H groups in total. The highest BCUT2D eigenvalue weighted by molar-refractivity contribution is 5.79. The van der Waals surface area contributed by atoms with Crippen LogP contribution in [0.15, 0.2) is 33.9 Å². The fourth-order valence-electron chi connectivity index (χ4n) is 2.97. The van der Waals surface area contributed by atoms with Crippen LogP contribution in [0, 0.1) is 0 Å². The van der Waals surface area contributed by atoms with E-state index in [0.29, 0.717) is 42.5 Å².